The van der Waals surface area contributed by atoms with E-state index in [1.807, 2.05) is 12.1 Å². The highest BCUT2D eigenvalue weighted by molar-refractivity contribution is 6.34. The fourth-order valence-electron chi connectivity index (χ4n) is 4.61. The molecule has 0 radical (unpaired) electrons. The van der Waals surface area contributed by atoms with Crippen molar-refractivity contribution in [3.63, 3.8) is 0 Å². The van der Waals surface area contributed by atoms with Gasteiger partial charge < -0.3 is 4.74 Å². The van der Waals surface area contributed by atoms with Gasteiger partial charge in [0, 0.05) is 48.8 Å². The van der Waals surface area contributed by atoms with Crippen LogP contribution in [-0.2, 0) is 11.3 Å². The second-order valence-corrected chi connectivity index (χ2v) is 11.4. The quantitative estimate of drug-likeness (QED) is 0.401. The van der Waals surface area contributed by atoms with E-state index in [4.69, 9.17) is 27.9 Å². The molecule has 1 aliphatic carbocycles. The lowest BCUT2D eigenvalue weighted by molar-refractivity contribution is 0.00645. The first kappa shape index (κ1) is 25.4. The molecule has 0 N–H and O–H groups in total. The minimum absolute atomic E-state index is 0.0411. The lowest BCUT2D eigenvalue weighted by Gasteiger charge is -2.38. The fraction of sp³-hybridized carbons (Fsp3) is 0.519. The van der Waals surface area contributed by atoms with Gasteiger partial charge in [0.25, 0.3) is 0 Å². The summed E-state index contributed by atoms with van der Waals surface area (Å²) in [7, 11) is 0. The minimum atomic E-state index is -0.658. The Morgan fingerprint density at radius 2 is 1.68 bits per heavy atom. The maximum Gasteiger partial charge on any atom is 0.341 e. The van der Waals surface area contributed by atoms with Crippen LogP contribution in [-0.4, -0.2) is 47.5 Å². The van der Waals surface area contributed by atoms with Crippen LogP contribution in [0.3, 0.4) is 0 Å². The van der Waals surface area contributed by atoms with Crippen LogP contribution in [0.5, 0.6) is 0 Å². The molecule has 2 fully saturated rings. The minimum Gasteiger partial charge on any atom is -0.456 e. The Kier molecular flexibility index (Phi) is 7.58. The average Bonchev–Trinajstić information content (AvgIpc) is 3.57. The molecule has 2 aromatic carbocycles. The van der Waals surface area contributed by atoms with Crippen LogP contribution in [0.25, 0.3) is 0 Å². The van der Waals surface area contributed by atoms with Gasteiger partial charge in [-0.05, 0) is 93.5 Å². The van der Waals surface area contributed by atoms with Crippen molar-refractivity contribution in [3.05, 3.63) is 68.4 Å². The SMILES string of the molecule is C[C@H](c1cc(Cl)cc(Cl)c1)N1CCN(Cc2cc(F)c(C(=O)OC(C)(C)C)cc2C2CC2)CC1. The molecule has 184 valence electrons. The summed E-state index contributed by atoms with van der Waals surface area (Å²) >= 11 is 12.4. The Labute approximate surface area is 212 Å². The van der Waals surface area contributed by atoms with Gasteiger partial charge in [-0.15, -0.1) is 0 Å². The van der Waals surface area contributed by atoms with Gasteiger partial charge in [-0.3, -0.25) is 9.80 Å². The molecule has 0 amide bonds. The van der Waals surface area contributed by atoms with Gasteiger partial charge in [-0.1, -0.05) is 23.2 Å². The highest BCUT2D eigenvalue weighted by Crippen LogP contribution is 2.43. The molecule has 34 heavy (non-hydrogen) atoms. The van der Waals surface area contributed by atoms with E-state index in [0.29, 0.717) is 22.5 Å². The van der Waals surface area contributed by atoms with Crippen molar-refractivity contribution in [2.24, 2.45) is 0 Å². The molecule has 1 saturated heterocycles. The summed E-state index contributed by atoms with van der Waals surface area (Å²) in [5.41, 5.74) is 2.57. The van der Waals surface area contributed by atoms with E-state index in [1.165, 1.54) is 0 Å². The molecule has 0 spiro atoms. The largest absolute Gasteiger partial charge is 0.456 e. The van der Waals surface area contributed by atoms with E-state index in [-0.39, 0.29) is 11.6 Å². The summed E-state index contributed by atoms with van der Waals surface area (Å²) in [5.74, 6) is -0.688. The van der Waals surface area contributed by atoms with E-state index in [9.17, 15) is 9.18 Å². The standard InChI is InChI=1S/C27H33Cl2FN2O2/c1-17(19-11-21(28)14-22(29)12-19)32-9-7-31(8-10-32)16-20-13-25(30)24(15-23(20)18-5-6-18)26(33)34-27(2,3)4/h11-15,17-18H,5-10,16H2,1-4H3/t17-/m1/s1. The summed E-state index contributed by atoms with van der Waals surface area (Å²) in [6.07, 6.45) is 2.17. The number of halogens is 3. The van der Waals surface area contributed by atoms with Crippen molar-refractivity contribution in [1.82, 2.24) is 9.80 Å². The van der Waals surface area contributed by atoms with Crippen LogP contribution in [0.1, 0.15) is 79.5 Å². The van der Waals surface area contributed by atoms with E-state index in [1.54, 1.807) is 39.0 Å². The molecule has 0 aromatic heterocycles. The van der Waals surface area contributed by atoms with Crippen molar-refractivity contribution in [1.29, 1.82) is 0 Å². The number of hydrogen-bond donors (Lipinski definition) is 0. The first-order chi connectivity index (χ1) is 16.0. The molecule has 2 aromatic rings. The molecule has 4 rings (SSSR count). The molecule has 1 aliphatic heterocycles. The third kappa shape index (κ3) is 6.31. The van der Waals surface area contributed by atoms with Gasteiger partial charge in [0.05, 0.1) is 5.56 Å². The number of rotatable bonds is 6. The molecule has 2 aliphatic rings. The third-order valence-corrected chi connectivity index (χ3v) is 7.02. The van der Waals surface area contributed by atoms with Crippen molar-refractivity contribution < 1.29 is 13.9 Å². The van der Waals surface area contributed by atoms with E-state index in [2.05, 4.69) is 16.7 Å². The van der Waals surface area contributed by atoms with Crippen LogP contribution in [0.15, 0.2) is 30.3 Å². The Morgan fingerprint density at radius 1 is 1.06 bits per heavy atom. The van der Waals surface area contributed by atoms with Crippen molar-refractivity contribution in [2.75, 3.05) is 26.2 Å². The number of hydrogen-bond acceptors (Lipinski definition) is 4. The first-order valence-corrected chi connectivity index (χ1v) is 12.7. The maximum absolute atomic E-state index is 15.0. The first-order valence-electron chi connectivity index (χ1n) is 12.0. The molecule has 4 nitrogen and oxygen atoms in total. The highest BCUT2D eigenvalue weighted by atomic mass is 35.5. The lowest BCUT2D eigenvalue weighted by atomic mass is 9.98. The smallest absolute Gasteiger partial charge is 0.341 e. The number of nitrogens with zero attached hydrogens (tertiary/aromatic N) is 2. The highest BCUT2D eigenvalue weighted by Gasteiger charge is 2.31. The molecule has 1 atom stereocenters. The van der Waals surface area contributed by atoms with Crippen molar-refractivity contribution in [2.45, 2.75) is 64.6 Å². The predicted molar refractivity (Wildman–Crippen MR) is 135 cm³/mol. The fourth-order valence-corrected chi connectivity index (χ4v) is 5.15. The Bertz CT molecular complexity index is 1040. The number of carbonyl (C=O) groups is 1. The second-order valence-electron chi connectivity index (χ2n) is 10.5. The van der Waals surface area contributed by atoms with Gasteiger partial charge in [0.15, 0.2) is 0 Å². The monoisotopic (exact) mass is 506 g/mol. The molecule has 7 heteroatoms. The summed E-state index contributed by atoms with van der Waals surface area (Å²) in [6.45, 7) is 11.8. The molecule has 0 bridgehead atoms. The van der Waals surface area contributed by atoms with Crippen molar-refractivity contribution >= 4 is 29.2 Å². The molecule has 1 heterocycles. The Morgan fingerprint density at radius 3 is 2.24 bits per heavy atom. The molecular formula is C27H33Cl2FN2O2. The van der Waals surface area contributed by atoms with Crippen LogP contribution >= 0.6 is 23.2 Å². The lowest BCUT2D eigenvalue weighted by Crippen LogP contribution is -2.46. The van der Waals surface area contributed by atoms with Gasteiger partial charge >= 0.3 is 5.97 Å². The van der Waals surface area contributed by atoms with E-state index < -0.39 is 17.4 Å². The average molecular weight is 507 g/mol. The number of ether oxygens (including phenoxy) is 1. The van der Waals surface area contributed by atoms with E-state index >= 15 is 0 Å². The zero-order valence-electron chi connectivity index (χ0n) is 20.3. The Balaban J connectivity index is 1.43. The zero-order chi connectivity index (χ0) is 24.6. The summed E-state index contributed by atoms with van der Waals surface area (Å²) < 4.78 is 20.4. The molecular weight excluding hydrogens is 474 g/mol. The van der Waals surface area contributed by atoms with Crippen LogP contribution in [0, 0.1) is 5.82 Å². The van der Waals surface area contributed by atoms with Crippen LogP contribution < -0.4 is 0 Å². The summed E-state index contributed by atoms with van der Waals surface area (Å²) in [5, 5.41) is 1.30. The number of piperazine rings is 1. The normalized spacial score (nSPS) is 18.7. The van der Waals surface area contributed by atoms with Crippen LogP contribution in [0.4, 0.5) is 4.39 Å². The number of benzene rings is 2. The van der Waals surface area contributed by atoms with Gasteiger partial charge in [-0.25, -0.2) is 9.18 Å². The van der Waals surface area contributed by atoms with Gasteiger partial charge in [0.1, 0.15) is 11.4 Å². The van der Waals surface area contributed by atoms with Crippen molar-refractivity contribution in [3.8, 4) is 0 Å². The summed E-state index contributed by atoms with van der Waals surface area (Å²) in [6, 6.07) is 9.20. The van der Waals surface area contributed by atoms with Gasteiger partial charge in [-0.2, -0.15) is 0 Å². The Hall–Kier alpha value is -1.66. The zero-order valence-corrected chi connectivity index (χ0v) is 21.8. The van der Waals surface area contributed by atoms with Gasteiger partial charge in [0.2, 0.25) is 0 Å². The number of carbonyl (C=O) groups excluding carboxylic acids is 1. The van der Waals surface area contributed by atoms with E-state index in [0.717, 1.165) is 55.7 Å². The third-order valence-electron chi connectivity index (χ3n) is 6.58. The maximum atomic E-state index is 15.0. The molecule has 1 saturated carbocycles. The van der Waals surface area contributed by atoms with Crippen LogP contribution in [0.2, 0.25) is 10.0 Å². The summed E-state index contributed by atoms with van der Waals surface area (Å²) in [4.78, 5) is 17.3. The topological polar surface area (TPSA) is 32.8 Å². The molecule has 0 unspecified atom stereocenters. The number of esters is 1. The predicted octanol–water partition coefficient (Wildman–Crippen LogP) is 6.84. The second kappa shape index (κ2) is 10.1.